The fraction of sp³-hybridized carbons (Fsp3) is 0.500. The summed E-state index contributed by atoms with van der Waals surface area (Å²) in [5, 5.41) is 4.05. The predicted octanol–water partition coefficient (Wildman–Crippen LogP) is 3.29. The van der Waals surface area contributed by atoms with Gasteiger partial charge in [0, 0.05) is 11.4 Å². The molecule has 1 aliphatic rings. The van der Waals surface area contributed by atoms with E-state index in [2.05, 4.69) is 5.32 Å². The van der Waals surface area contributed by atoms with E-state index in [4.69, 9.17) is 11.6 Å². The first-order chi connectivity index (χ1) is 8.20. The van der Waals surface area contributed by atoms with E-state index in [1.807, 2.05) is 31.2 Å². The minimum Gasteiger partial charge on any atom is -0.301 e. The molecule has 3 heteroatoms. The van der Waals surface area contributed by atoms with Gasteiger partial charge in [0.15, 0.2) is 5.78 Å². The maximum absolute atomic E-state index is 12.3. The maximum Gasteiger partial charge on any atom is 0.157 e. The van der Waals surface area contributed by atoms with Gasteiger partial charge in [0.1, 0.15) is 5.54 Å². The molecule has 2 nitrogen and oxygen atoms in total. The largest absolute Gasteiger partial charge is 0.301 e. The van der Waals surface area contributed by atoms with Crippen molar-refractivity contribution >= 4 is 17.4 Å². The number of rotatable bonds is 3. The van der Waals surface area contributed by atoms with Gasteiger partial charge in [-0.15, -0.1) is 0 Å². The summed E-state index contributed by atoms with van der Waals surface area (Å²) in [7, 11) is 0. The molecule has 1 saturated carbocycles. The lowest BCUT2D eigenvalue weighted by Crippen LogP contribution is -2.51. The van der Waals surface area contributed by atoms with Crippen LogP contribution in [0.4, 0.5) is 0 Å². The normalized spacial score (nSPS) is 24.9. The smallest absolute Gasteiger partial charge is 0.157 e. The number of hydrogen-bond donors (Lipinski definition) is 1. The van der Waals surface area contributed by atoms with Crippen molar-refractivity contribution in [3.63, 3.8) is 0 Å². The molecule has 2 rings (SSSR count). The number of Topliss-reactive ketones (excluding diaryl/α,β-unsaturated/α-hetero) is 1. The van der Waals surface area contributed by atoms with Gasteiger partial charge in [-0.2, -0.15) is 0 Å². The van der Waals surface area contributed by atoms with Crippen LogP contribution >= 0.6 is 11.6 Å². The molecule has 1 aromatic carbocycles. The minimum absolute atomic E-state index is 0.277. The molecular weight excluding hydrogens is 234 g/mol. The fourth-order valence-corrected chi connectivity index (χ4v) is 3.00. The Kier molecular flexibility index (Phi) is 3.85. The molecule has 0 unspecified atom stereocenters. The molecule has 0 spiro atoms. The molecule has 92 valence electrons. The zero-order chi connectivity index (χ0) is 12.3. The molecule has 1 atom stereocenters. The molecule has 1 fully saturated rings. The molecule has 1 aliphatic carbocycles. The number of carbonyl (C=O) groups excluding carboxylic acids is 1. The summed E-state index contributed by atoms with van der Waals surface area (Å²) in [6, 6.07) is 7.67. The summed E-state index contributed by atoms with van der Waals surface area (Å²) in [6.45, 7) is 2.80. The average molecular weight is 252 g/mol. The highest BCUT2D eigenvalue weighted by atomic mass is 35.5. The molecular formula is C14H18ClNO. The van der Waals surface area contributed by atoms with Gasteiger partial charge in [-0.05, 0) is 31.0 Å². The van der Waals surface area contributed by atoms with Gasteiger partial charge in [-0.25, -0.2) is 0 Å². The van der Waals surface area contributed by atoms with Crippen LogP contribution in [0, 0.1) is 0 Å². The van der Waals surface area contributed by atoms with Crippen molar-refractivity contribution in [1.82, 2.24) is 5.32 Å². The van der Waals surface area contributed by atoms with E-state index < -0.39 is 5.54 Å². The van der Waals surface area contributed by atoms with Crippen LogP contribution in [0.3, 0.4) is 0 Å². The molecule has 0 saturated heterocycles. The molecule has 0 amide bonds. The summed E-state index contributed by atoms with van der Waals surface area (Å²) in [5.41, 5.74) is 0.388. The Morgan fingerprint density at radius 3 is 2.76 bits per heavy atom. The SMILES string of the molecule is CCN[C@]1(c2ccccc2Cl)CCCCC1=O. The minimum atomic E-state index is -0.550. The summed E-state index contributed by atoms with van der Waals surface area (Å²) in [5.74, 6) is 0.277. The van der Waals surface area contributed by atoms with E-state index >= 15 is 0 Å². The number of ketones is 1. The maximum atomic E-state index is 12.3. The van der Waals surface area contributed by atoms with Crippen molar-refractivity contribution in [1.29, 1.82) is 0 Å². The van der Waals surface area contributed by atoms with Crippen LogP contribution in [0.2, 0.25) is 5.02 Å². The highest BCUT2D eigenvalue weighted by molar-refractivity contribution is 6.31. The Bertz CT molecular complexity index is 414. The molecule has 0 aromatic heterocycles. The standard InChI is InChI=1S/C14H18ClNO/c1-2-16-14(10-6-5-9-13(14)17)11-7-3-4-8-12(11)15/h3-4,7-8,16H,2,5-6,9-10H2,1H3/t14-/m0/s1. The van der Waals surface area contributed by atoms with Gasteiger partial charge >= 0.3 is 0 Å². The van der Waals surface area contributed by atoms with E-state index in [-0.39, 0.29) is 5.78 Å². The van der Waals surface area contributed by atoms with E-state index in [1.165, 1.54) is 0 Å². The molecule has 17 heavy (non-hydrogen) atoms. The Balaban J connectivity index is 2.47. The molecule has 0 bridgehead atoms. The highest BCUT2D eigenvalue weighted by Crippen LogP contribution is 2.37. The summed E-state index contributed by atoms with van der Waals surface area (Å²) < 4.78 is 0. The van der Waals surface area contributed by atoms with Crippen LogP contribution < -0.4 is 5.32 Å². The molecule has 0 heterocycles. The summed E-state index contributed by atoms with van der Waals surface area (Å²) in [4.78, 5) is 12.3. The number of carbonyl (C=O) groups is 1. The second-order valence-electron chi connectivity index (χ2n) is 4.55. The lowest BCUT2D eigenvalue weighted by atomic mass is 9.75. The Labute approximate surface area is 107 Å². The molecule has 0 radical (unpaired) electrons. The number of benzene rings is 1. The van der Waals surface area contributed by atoms with Crippen LogP contribution in [-0.4, -0.2) is 12.3 Å². The third kappa shape index (κ3) is 2.24. The van der Waals surface area contributed by atoms with Crippen molar-refractivity contribution in [3.05, 3.63) is 34.9 Å². The third-order valence-electron chi connectivity index (χ3n) is 3.49. The number of nitrogens with one attached hydrogen (secondary N) is 1. The van der Waals surface area contributed by atoms with Gasteiger partial charge in [-0.1, -0.05) is 43.1 Å². The Morgan fingerprint density at radius 2 is 2.12 bits per heavy atom. The topological polar surface area (TPSA) is 29.1 Å². The first-order valence-electron chi connectivity index (χ1n) is 6.24. The Hall–Kier alpha value is -0.860. The Morgan fingerprint density at radius 1 is 1.35 bits per heavy atom. The van der Waals surface area contributed by atoms with Crippen LogP contribution in [0.15, 0.2) is 24.3 Å². The summed E-state index contributed by atoms with van der Waals surface area (Å²) >= 11 is 6.26. The predicted molar refractivity (Wildman–Crippen MR) is 70.3 cm³/mol. The van der Waals surface area contributed by atoms with Gasteiger partial charge in [0.2, 0.25) is 0 Å². The first-order valence-corrected chi connectivity index (χ1v) is 6.62. The number of likely N-dealkylation sites (N-methyl/N-ethyl adjacent to an activating group) is 1. The van der Waals surface area contributed by atoms with Crippen LogP contribution in [-0.2, 0) is 10.3 Å². The fourth-order valence-electron chi connectivity index (χ4n) is 2.70. The van der Waals surface area contributed by atoms with Crippen molar-refractivity contribution in [2.75, 3.05) is 6.54 Å². The first kappa shape index (κ1) is 12.6. The number of halogens is 1. The quantitative estimate of drug-likeness (QED) is 0.893. The van der Waals surface area contributed by atoms with Gasteiger partial charge in [0.25, 0.3) is 0 Å². The zero-order valence-electron chi connectivity index (χ0n) is 10.1. The van der Waals surface area contributed by atoms with Gasteiger partial charge in [0.05, 0.1) is 0 Å². The van der Waals surface area contributed by atoms with Crippen molar-refractivity contribution < 1.29 is 4.79 Å². The van der Waals surface area contributed by atoms with Gasteiger partial charge < -0.3 is 5.32 Å². The monoisotopic (exact) mass is 251 g/mol. The van der Waals surface area contributed by atoms with Crippen molar-refractivity contribution in [2.24, 2.45) is 0 Å². The lowest BCUT2D eigenvalue weighted by Gasteiger charge is -2.37. The highest BCUT2D eigenvalue weighted by Gasteiger charge is 2.41. The van der Waals surface area contributed by atoms with E-state index in [9.17, 15) is 4.79 Å². The van der Waals surface area contributed by atoms with Gasteiger partial charge in [-0.3, -0.25) is 4.79 Å². The van der Waals surface area contributed by atoms with E-state index in [0.29, 0.717) is 11.4 Å². The second-order valence-corrected chi connectivity index (χ2v) is 4.95. The second kappa shape index (κ2) is 5.19. The average Bonchev–Trinajstić information content (AvgIpc) is 2.33. The van der Waals surface area contributed by atoms with Crippen LogP contribution in [0.25, 0.3) is 0 Å². The molecule has 0 aliphatic heterocycles. The lowest BCUT2D eigenvalue weighted by molar-refractivity contribution is -0.128. The summed E-state index contributed by atoms with van der Waals surface area (Å²) in [6.07, 6.45) is 3.57. The van der Waals surface area contributed by atoms with Crippen LogP contribution in [0.5, 0.6) is 0 Å². The van der Waals surface area contributed by atoms with Crippen LogP contribution in [0.1, 0.15) is 38.2 Å². The zero-order valence-corrected chi connectivity index (χ0v) is 10.9. The molecule has 1 N–H and O–H groups in total. The van der Waals surface area contributed by atoms with Crippen molar-refractivity contribution in [2.45, 2.75) is 38.1 Å². The van der Waals surface area contributed by atoms with Crippen molar-refractivity contribution in [3.8, 4) is 0 Å². The third-order valence-corrected chi connectivity index (χ3v) is 3.82. The number of hydrogen-bond acceptors (Lipinski definition) is 2. The molecule has 1 aromatic rings. The van der Waals surface area contributed by atoms with E-state index in [0.717, 1.165) is 31.4 Å². The van der Waals surface area contributed by atoms with E-state index in [1.54, 1.807) is 0 Å².